The van der Waals surface area contributed by atoms with Crippen molar-refractivity contribution in [3.05, 3.63) is 5.69 Å². The van der Waals surface area contributed by atoms with Crippen molar-refractivity contribution in [1.29, 1.82) is 0 Å². The largest absolute Gasteiger partial charge is 0.377 e. The summed E-state index contributed by atoms with van der Waals surface area (Å²) in [6.45, 7) is 4.28. The van der Waals surface area contributed by atoms with Crippen molar-refractivity contribution < 1.29 is 0 Å². The lowest BCUT2D eigenvalue weighted by Crippen LogP contribution is -2.36. The van der Waals surface area contributed by atoms with E-state index < -0.39 is 0 Å². The second kappa shape index (κ2) is 6.31. The quantitative estimate of drug-likeness (QED) is 0.877. The normalized spacial score (nSPS) is 17.6. The zero-order valence-electron chi connectivity index (χ0n) is 10.8. The Balaban J connectivity index is 1.98. The molecule has 0 unspecified atom stereocenters. The molecule has 1 aliphatic carbocycles. The van der Waals surface area contributed by atoms with Crippen LogP contribution in [0.2, 0.25) is 0 Å². The van der Waals surface area contributed by atoms with Crippen LogP contribution in [0, 0.1) is 0 Å². The summed E-state index contributed by atoms with van der Waals surface area (Å²) in [6.07, 6.45) is 6.87. The third-order valence-corrected chi connectivity index (χ3v) is 4.42. The maximum absolute atomic E-state index is 4.23. The second-order valence-electron chi connectivity index (χ2n) is 4.65. The van der Waals surface area contributed by atoms with Crippen LogP contribution in [-0.4, -0.2) is 34.1 Å². The molecule has 0 bridgehead atoms. The van der Waals surface area contributed by atoms with E-state index in [2.05, 4.69) is 26.7 Å². The molecule has 0 radical (unpaired) electrons. The minimum atomic E-state index is 0.750. The van der Waals surface area contributed by atoms with Gasteiger partial charge in [0.1, 0.15) is 10.7 Å². The number of hydrogen-bond donors (Lipinski definition) is 1. The monoisotopic (exact) mass is 254 g/mol. The molecule has 1 heterocycles. The number of nitrogens with zero attached hydrogens (tertiary/aromatic N) is 3. The van der Waals surface area contributed by atoms with Crippen LogP contribution in [0.5, 0.6) is 0 Å². The zero-order valence-corrected chi connectivity index (χ0v) is 11.6. The van der Waals surface area contributed by atoms with E-state index in [0.29, 0.717) is 0 Å². The van der Waals surface area contributed by atoms with Crippen molar-refractivity contribution >= 4 is 16.5 Å². The highest BCUT2D eigenvalue weighted by Crippen LogP contribution is 2.25. The van der Waals surface area contributed by atoms with E-state index in [1.165, 1.54) is 43.6 Å². The third kappa shape index (κ3) is 3.16. The van der Waals surface area contributed by atoms with Crippen molar-refractivity contribution in [3.8, 4) is 0 Å². The second-order valence-corrected chi connectivity index (χ2v) is 5.41. The Labute approximate surface area is 108 Å². The van der Waals surface area contributed by atoms with Crippen molar-refractivity contribution in [2.45, 2.75) is 51.6 Å². The summed E-state index contributed by atoms with van der Waals surface area (Å²) in [7, 11) is 1.94. The Morgan fingerprint density at radius 2 is 2.12 bits per heavy atom. The van der Waals surface area contributed by atoms with Gasteiger partial charge < -0.3 is 5.32 Å². The first kappa shape index (κ1) is 12.8. The van der Waals surface area contributed by atoms with Gasteiger partial charge in [-0.15, -0.1) is 5.10 Å². The average Bonchev–Trinajstić information content (AvgIpc) is 2.84. The van der Waals surface area contributed by atoms with Crippen molar-refractivity contribution in [3.63, 3.8) is 0 Å². The molecule has 0 aromatic carbocycles. The lowest BCUT2D eigenvalue weighted by atomic mass is 9.94. The smallest absolute Gasteiger partial charge is 0.134 e. The zero-order chi connectivity index (χ0) is 12.1. The predicted octanol–water partition coefficient (Wildman–Crippen LogP) is 2.73. The van der Waals surface area contributed by atoms with Gasteiger partial charge in [0.15, 0.2) is 0 Å². The summed E-state index contributed by atoms with van der Waals surface area (Å²) >= 11 is 1.45. The molecule has 1 saturated carbocycles. The van der Waals surface area contributed by atoms with Crippen molar-refractivity contribution in [1.82, 2.24) is 14.5 Å². The molecule has 96 valence electrons. The lowest BCUT2D eigenvalue weighted by Gasteiger charge is -2.33. The maximum atomic E-state index is 4.23. The molecule has 17 heavy (non-hydrogen) atoms. The van der Waals surface area contributed by atoms with Gasteiger partial charge in [0.2, 0.25) is 0 Å². The number of nitrogens with one attached hydrogen (secondary N) is 1. The minimum Gasteiger partial charge on any atom is -0.377 e. The summed E-state index contributed by atoms with van der Waals surface area (Å²) < 4.78 is 4.03. The molecule has 0 amide bonds. The van der Waals surface area contributed by atoms with E-state index in [0.717, 1.165) is 29.8 Å². The molecular weight excluding hydrogens is 232 g/mol. The van der Waals surface area contributed by atoms with Crippen LogP contribution in [0.3, 0.4) is 0 Å². The van der Waals surface area contributed by atoms with Crippen LogP contribution in [0.4, 0.5) is 5.00 Å². The molecule has 0 atom stereocenters. The van der Waals surface area contributed by atoms with Gasteiger partial charge in [-0.1, -0.05) is 30.7 Å². The van der Waals surface area contributed by atoms with E-state index in [4.69, 9.17) is 0 Å². The summed E-state index contributed by atoms with van der Waals surface area (Å²) in [5.74, 6) is 0. The Morgan fingerprint density at radius 3 is 2.76 bits per heavy atom. The molecule has 1 aromatic heterocycles. The van der Waals surface area contributed by atoms with Gasteiger partial charge in [-0.2, -0.15) is 0 Å². The first-order chi connectivity index (χ1) is 8.35. The summed E-state index contributed by atoms with van der Waals surface area (Å²) in [5.41, 5.74) is 1.10. The lowest BCUT2D eigenvalue weighted by molar-refractivity contribution is 0.154. The number of anilines is 1. The Hall–Kier alpha value is -0.680. The van der Waals surface area contributed by atoms with Crippen molar-refractivity contribution in [2.75, 3.05) is 18.9 Å². The summed E-state index contributed by atoms with van der Waals surface area (Å²) in [4.78, 5) is 2.55. The number of rotatable bonds is 5. The number of hydrogen-bond acceptors (Lipinski definition) is 5. The fourth-order valence-corrected chi connectivity index (χ4v) is 3.16. The highest BCUT2D eigenvalue weighted by Gasteiger charge is 2.21. The van der Waals surface area contributed by atoms with Gasteiger partial charge in [-0.3, -0.25) is 4.90 Å². The molecule has 0 spiro atoms. The van der Waals surface area contributed by atoms with Crippen molar-refractivity contribution in [2.24, 2.45) is 0 Å². The van der Waals surface area contributed by atoms with E-state index in [1.54, 1.807) is 0 Å². The van der Waals surface area contributed by atoms with Gasteiger partial charge in [0, 0.05) is 31.2 Å². The van der Waals surface area contributed by atoms with Crippen LogP contribution in [0.25, 0.3) is 0 Å². The number of aromatic nitrogens is 2. The Morgan fingerprint density at radius 1 is 1.35 bits per heavy atom. The molecule has 1 aliphatic rings. The molecule has 1 fully saturated rings. The summed E-state index contributed by atoms with van der Waals surface area (Å²) in [6, 6.07) is 0.750. The average molecular weight is 254 g/mol. The predicted molar refractivity (Wildman–Crippen MR) is 72.4 cm³/mol. The van der Waals surface area contributed by atoms with Crippen LogP contribution >= 0.6 is 11.5 Å². The van der Waals surface area contributed by atoms with Crippen LogP contribution in [0.1, 0.15) is 44.7 Å². The van der Waals surface area contributed by atoms with Gasteiger partial charge in [0.25, 0.3) is 0 Å². The molecule has 1 aromatic rings. The van der Waals surface area contributed by atoms with Gasteiger partial charge in [-0.25, -0.2) is 0 Å². The highest BCUT2D eigenvalue weighted by molar-refractivity contribution is 7.10. The van der Waals surface area contributed by atoms with E-state index in [9.17, 15) is 0 Å². The van der Waals surface area contributed by atoms with Crippen LogP contribution < -0.4 is 5.32 Å². The first-order valence-corrected chi connectivity index (χ1v) is 7.35. The molecular formula is C12H22N4S. The van der Waals surface area contributed by atoms with E-state index in [1.807, 2.05) is 7.05 Å². The fourth-order valence-electron chi connectivity index (χ4n) is 2.64. The first-order valence-electron chi connectivity index (χ1n) is 6.58. The molecule has 0 aliphatic heterocycles. The van der Waals surface area contributed by atoms with E-state index >= 15 is 0 Å². The molecule has 4 nitrogen and oxygen atoms in total. The standard InChI is InChI=1S/C12H22N4S/c1-3-16(10-7-5-4-6-8-10)9-11-12(13-2)17-15-14-11/h10,13H,3-9H2,1-2H3. The third-order valence-electron chi connectivity index (χ3n) is 3.63. The molecule has 1 N–H and O–H groups in total. The maximum Gasteiger partial charge on any atom is 0.134 e. The molecule has 2 rings (SSSR count). The fraction of sp³-hybridized carbons (Fsp3) is 0.833. The van der Waals surface area contributed by atoms with Gasteiger partial charge in [0.05, 0.1) is 0 Å². The molecule has 5 heteroatoms. The van der Waals surface area contributed by atoms with Gasteiger partial charge >= 0.3 is 0 Å². The Bertz CT molecular complexity index is 333. The van der Waals surface area contributed by atoms with Crippen LogP contribution in [-0.2, 0) is 6.54 Å². The Kier molecular flexibility index (Phi) is 4.74. The highest BCUT2D eigenvalue weighted by atomic mass is 32.1. The summed E-state index contributed by atoms with van der Waals surface area (Å²) in [5, 5.41) is 8.52. The van der Waals surface area contributed by atoms with Crippen LogP contribution in [0.15, 0.2) is 0 Å². The SMILES string of the molecule is CCN(Cc1nnsc1NC)C1CCCCC1. The molecule has 0 saturated heterocycles. The van der Waals surface area contributed by atoms with E-state index in [-0.39, 0.29) is 0 Å². The van der Waals surface area contributed by atoms with Gasteiger partial charge in [-0.05, 0) is 19.4 Å². The minimum absolute atomic E-state index is 0.750. The topological polar surface area (TPSA) is 41.1 Å².